The summed E-state index contributed by atoms with van der Waals surface area (Å²) in [6.45, 7) is 1.35. The van der Waals surface area contributed by atoms with Crippen molar-refractivity contribution in [3.8, 4) is 5.75 Å². The Kier molecular flexibility index (Phi) is 7.19. The van der Waals surface area contributed by atoms with Gasteiger partial charge in [-0.3, -0.25) is 4.79 Å². The molecule has 0 bridgehead atoms. The van der Waals surface area contributed by atoms with E-state index in [1.165, 1.54) is 30.6 Å². The highest BCUT2D eigenvalue weighted by molar-refractivity contribution is 7.89. The molecule has 2 atom stereocenters. The average Bonchev–Trinajstić information content (AvgIpc) is 3.02. The van der Waals surface area contributed by atoms with Gasteiger partial charge in [0, 0.05) is 20.1 Å². The number of methoxy groups -OCH3 is 1. The van der Waals surface area contributed by atoms with Gasteiger partial charge in [0.2, 0.25) is 10.0 Å². The number of amides is 1. The van der Waals surface area contributed by atoms with E-state index in [0.717, 1.165) is 38.5 Å². The Morgan fingerprint density at radius 2 is 1.76 bits per heavy atom. The van der Waals surface area contributed by atoms with Crippen molar-refractivity contribution in [2.24, 2.45) is 0 Å². The molecule has 8 heteroatoms. The van der Waals surface area contributed by atoms with E-state index in [0.29, 0.717) is 31.7 Å². The van der Waals surface area contributed by atoms with Crippen LogP contribution < -0.4 is 4.74 Å². The fraction of sp³-hybridized carbons (Fsp3) is 0.667. The van der Waals surface area contributed by atoms with Crippen LogP contribution in [-0.4, -0.2) is 68.0 Å². The van der Waals surface area contributed by atoms with Gasteiger partial charge >= 0.3 is 0 Å². The van der Waals surface area contributed by atoms with E-state index in [4.69, 9.17) is 4.74 Å². The second kappa shape index (κ2) is 9.45. The number of carbonyl (C=O) groups is 1. The molecule has 0 radical (unpaired) electrons. The van der Waals surface area contributed by atoms with E-state index < -0.39 is 22.2 Å². The van der Waals surface area contributed by atoms with Crippen LogP contribution in [0.15, 0.2) is 23.1 Å². The Labute approximate surface area is 173 Å². The van der Waals surface area contributed by atoms with E-state index in [1.54, 1.807) is 11.0 Å². The number of rotatable bonds is 5. The fourth-order valence-electron chi connectivity index (χ4n) is 4.32. The van der Waals surface area contributed by atoms with Gasteiger partial charge in [0.1, 0.15) is 5.75 Å². The molecule has 1 aromatic rings. The highest BCUT2D eigenvalue weighted by atomic mass is 32.2. The fourth-order valence-corrected chi connectivity index (χ4v) is 5.76. The van der Waals surface area contributed by atoms with Crippen molar-refractivity contribution in [2.75, 3.05) is 27.2 Å². The van der Waals surface area contributed by atoms with Crippen LogP contribution in [0.5, 0.6) is 5.75 Å². The van der Waals surface area contributed by atoms with E-state index >= 15 is 0 Å². The predicted octanol–water partition coefficient (Wildman–Crippen LogP) is 2.64. The van der Waals surface area contributed by atoms with Crippen LogP contribution in [0.3, 0.4) is 0 Å². The number of nitrogens with zero attached hydrogens (tertiary/aromatic N) is 2. The number of sulfonamides is 1. The minimum absolute atomic E-state index is 0.0525. The second-order valence-corrected chi connectivity index (χ2v) is 10.0. The number of ether oxygens (including phenoxy) is 1. The molecule has 1 aliphatic heterocycles. The van der Waals surface area contributed by atoms with E-state index in [-0.39, 0.29) is 16.4 Å². The van der Waals surface area contributed by atoms with Crippen LogP contribution in [-0.2, 0) is 10.0 Å². The summed E-state index contributed by atoms with van der Waals surface area (Å²) in [5, 5.41) is 10.3. The number of hydrogen-bond donors (Lipinski definition) is 1. The molecule has 1 saturated carbocycles. The van der Waals surface area contributed by atoms with E-state index in [9.17, 15) is 18.3 Å². The zero-order valence-corrected chi connectivity index (χ0v) is 18.2. The smallest absolute Gasteiger partial charge is 0.257 e. The van der Waals surface area contributed by atoms with Crippen molar-refractivity contribution in [1.82, 2.24) is 9.21 Å². The number of benzene rings is 1. The quantitative estimate of drug-likeness (QED) is 0.785. The first-order chi connectivity index (χ1) is 13.9. The highest BCUT2D eigenvalue weighted by Gasteiger charge is 2.35. The summed E-state index contributed by atoms with van der Waals surface area (Å²) < 4.78 is 33.1. The number of likely N-dealkylation sites (N-methyl/N-ethyl adjacent to an activating group) is 1. The van der Waals surface area contributed by atoms with Crippen molar-refractivity contribution < 1.29 is 23.1 Å². The van der Waals surface area contributed by atoms with Gasteiger partial charge < -0.3 is 14.7 Å². The molecule has 0 unspecified atom stereocenters. The number of carbonyl (C=O) groups excluding carboxylic acids is 1. The molecule has 162 valence electrons. The number of aliphatic hydroxyl groups is 1. The number of likely N-dealkylation sites (tertiary alicyclic amines) is 1. The first kappa shape index (κ1) is 22.1. The third-order valence-corrected chi connectivity index (χ3v) is 8.01. The van der Waals surface area contributed by atoms with Crippen LogP contribution in [0.1, 0.15) is 61.7 Å². The van der Waals surface area contributed by atoms with Gasteiger partial charge in [0.25, 0.3) is 5.91 Å². The van der Waals surface area contributed by atoms with Gasteiger partial charge in [-0.15, -0.1) is 0 Å². The largest absolute Gasteiger partial charge is 0.496 e. The third kappa shape index (κ3) is 4.75. The van der Waals surface area contributed by atoms with Crippen molar-refractivity contribution in [1.29, 1.82) is 0 Å². The lowest BCUT2D eigenvalue weighted by Crippen LogP contribution is -2.46. The summed E-state index contributed by atoms with van der Waals surface area (Å²) in [5.41, 5.74) is 0.271. The van der Waals surface area contributed by atoms with Crippen molar-refractivity contribution >= 4 is 15.9 Å². The van der Waals surface area contributed by atoms with Crippen LogP contribution in [0.2, 0.25) is 0 Å². The first-order valence-corrected chi connectivity index (χ1v) is 11.9. The summed E-state index contributed by atoms with van der Waals surface area (Å²) in [6, 6.07) is 4.00. The van der Waals surface area contributed by atoms with Gasteiger partial charge in [0.05, 0.1) is 29.7 Å². The van der Waals surface area contributed by atoms with Gasteiger partial charge in [-0.1, -0.05) is 25.7 Å². The molecule has 0 spiro atoms. The second-order valence-electron chi connectivity index (χ2n) is 8.01. The Balaban J connectivity index is 1.91. The molecule has 1 saturated heterocycles. The standard InChI is InChI=1S/C21H32N2O5S/c1-22(18-9-5-6-10-19(18)24)29(26,27)16-11-12-20(28-2)17(15-16)21(25)23-13-7-3-4-8-14-23/h11-12,15,18-19,24H,3-10,13-14H2,1-2H3/t18-,19+/m0/s1. The van der Waals surface area contributed by atoms with Gasteiger partial charge in [-0.2, -0.15) is 4.31 Å². The number of aliphatic hydroxyl groups excluding tert-OH is 1. The maximum absolute atomic E-state index is 13.2. The van der Waals surface area contributed by atoms with Gasteiger partial charge in [-0.25, -0.2) is 8.42 Å². The lowest BCUT2D eigenvalue weighted by atomic mass is 9.93. The normalized spacial score (nSPS) is 23.7. The Hall–Kier alpha value is -1.64. The molecular weight excluding hydrogens is 392 g/mol. The maximum atomic E-state index is 13.2. The molecule has 29 heavy (non-hydrogen) atoms. The zero-order valence-electron chi connectivity index (χ0n) is 17.3. The highest BCUT2D eigenvalue weighted by Crippen LogP contribution is 2.30. The summed E-state index contributed by atoms with van der Waals surface area (Å²) in [5.74, 6) is 0.180. The maximum Gasteiger partial charge on any atom is 0.257 e. The lowest BCUT2D eigenvalue weighted by molar-refractivity contribution is 0.0637. The van der Waals surface area contributed by atoms with Gasteiger partial charge in [0.15, 0.2) is 0 Å². The molecule has 1 aromatic carbocycles. The molecular formula is C21H32N2O5S. The molecule has 2 fully saturated rings. The molecule has 1 N–H and O–H groups in total. The minimum atomic E-state index is -3.84. The summed E-state index contributed by atoms with van der Waals surface area (Å²) in [4.78, 5) is 15.0. The lowest BCUT2D eigenvalue weighted by Gasteiger charge is -2.34. The molecule has 3 rings (SSSR count). The zero-order chi connectivity index (χ0) is 21.0. The average molecular weight is 425 g/mol. The first-order valence-electron chi connectivity index (χ1n) is 10.5. The van der Waals surface area contributed by atoms with Crippen molar-refractivity contribution in [3.63, 3.8) is 0 Å². The van der Waals surface area contributed by atoms with E-state index in [1.807, 2.05) is 0 Å². The van der Waals surface area contributed by atoms with Crippen LogP contribution in [0, 0.1) is 0 Å². The molecule has 7 nitrogen and oxygen atoms in total. The molecule has 1 amide bonds. The third-order valence-electron chi connectivity index (χ3n) is 6.13. The molecule has 2 aliphatic rings. The predicted molar refractivity (Wildman–Crippen MR) is 111 cm³/mol. The molecule has 0 aromatic heterocycles. The molecule has 1 heterocycles. The summed E-state index contributed by atoms with van der Waals surface area (Å²) in [7, 11) is -0.855. The van der Waals surface area contributed by atoms with Crippen molar-refractivity contribution in [2.45, 2.75) is 68.4 Å². The monoisotopic (exact) mass is 424 g/mol. The van der Waals surface area contributed by atoms with Crippen LogP contribution in [0.4, 0.5) is 0 Å². The van der Waals surface area contributed by atoms with Crippen LogP contribution >= 0.6 is 0 Å². The van der Waals surface area contributed by atoms with Gasteiger partial charge in [-0.05, 0) is 43.9 Å². The topological polar surface area (TPSA) is 87.1 Å². The molecule has 1 aliphatic carbocycles. The SMILES string of the molecule is COc1ccc(S(=O)(=O)N(C)[C@H]2CCCC[C@H]2O)cc1C(=O)N1CCCCCC1. The summed E-state index contributed by atoms with van der Waals surface area (Å²) in [6.07, 6.45) is 6.47. The van der Waals surface area contributed by atoms with E-state index in [2.05, 4.69) is 0 Å². The Bertz CT molecular complexity index is 818. The Morgan fingerprint density at radius 1 is 1.10 bits per heavy atom. The van der Waals surface area contributed by atoms with Crippen LogP contribution in [0.25, 0.3) is 0 Å². The number of hydrogen-bond acceptors (Lipinski definition) is 5. The minimum Gasteiger partial charge on any atom is -0.496 e. The Morgan fingerprint density at radius 3 is 2.38 bits per heavy atom. The summed E-state index contributed by atoms with van der Waals surface area (Å²) >= 11 is 0. The van der Waals surface area contributed by atoms with Crippen molar-refractivity contribution in [3.05, 3.63) is 23.8 Å².